The molecule has 3 nitrogen and oxygen atoms in total. The standard InChI is InChI=1S/C4H8O.Cl2O.H2O.Zr/c1-2-4-5-3-1;1-3-2;;/h1-4H2;;1H2;. The van der Waals surface area contributed by atoms with Crippen molar-refractivity contribution < 1.29 is 40.3 Å². The Labute approximate surface area is 89.7 Å². The van der Waals surface area contributed by atoms with Gasteiger partial charge in [0.05, 0.1) is 23.7 Å². The second kappa shape index (κ2) is 16.7. The maximum atomic E-state index is 4.94. The van der Waals surface area contributed by atoms with E-state index in [0.717, 1.165) is 13.2 Å². The second-order valence-electron chi connectivity index (χ2n) is 1.38. The Morgan fingerprint density at radius 2 is 1.40 bits per heavy atom. The fourth-order valence-corrected chi connectivity index (χ4v) is 0.510. The third-order valence-electron chi connectivity index (χ3n) is 0.827. The number of hydrogen-bond donors (Lipinski definition) is 0. The van der Waals surface area contributed by atoms with Crippen molar-refractivity contribution in [2.75, 3.05) is 13.2 Å². The smallest absolute Gasteiger partial charge is 0.0832 e. The zero-order chi connectivity index (χ0) is 6.24. The van der Waals surface area contributed by atoms with Gasteiger partial charge in [0.15, 0.2) is 0 Å². The van der Waals surface area contributed by atoms with Gasteiger partial charge >= 0.3 is 0 Å². The molecule has 0 aromatic heterocycles. The molecule has 1 heterocycles. The molecule has 0 aromatic rings. The molecule has 2 N–H and O–H groups in total. The van der Waals surface area contributed by atoms with Gasteiger partial charge in [-0.05, 0) is 12.8 Å². The van der Waals surface area contributed by atoms with E-state index in [9.17, 15) is 0 Å². The molecule has 0 aromatic carbocycles. The molecule has 0 aliphatic carbocycles. The molecular formula is C4H10Cl2O3Zr. The molecule has 10 heavy (non-hydrogen) atoms. The van der Waals surface area contributed by atoms with Crippen LogP contribution in [0.3, 0.4) is 0 Å². The third kappa shape index (κ3) is 16.2. The van der Waals surface area contributed by atoms with Gasteiger partial charge < -0.3 is 10.2 Å². The van der Waals surface area contributed by atoms with Gasteiger partial charge in [-0.1, -0.05) is 0 Å². The molecule has 1 aliphatic heterocycles. The van der Waals surface area contributed by atoms with E-state index < -0.39 is 0 Å². The molecule has 1 rings (SSSR count). The van der Waals surface area contributed by atoms with Crippen molar-refractivity contribution in [3.63, 3.8) is 0 Å². The van der Waals surface area contributed by atoms with Gasteiger partial charge in [-0.3, -0.25) is 0 Å². The molecule has 0 amide bonds. The predicted molar refractivity (Wildman–Crippen MR) is 36.5 cm³/mol. The minimum absolute atomic E-state index is 0. The van der Waals surface area contributed by atoms with Crippen molar-refractivity contribution in [2.24, 2.45) is 0 Å². The Bertz CT molecular complexity index is 37.9. The molecule has 1 saturated heterocycles. The minimum atomic E-state index is 0. The van der Waals surface area contributed by atoms with Crippen molar-refractivity contribution >= 4 is 23.7 Å². The maximum absolute atomic E-state index is 4.94. The molecule has 0 bridgehead atoms. The summed E-state index contributed by atoms with van der Waals surface area (Å²) in [7, 11) is 0. The van der Waals surface area contributed by atoms with E-state index in [2.05, 4.69) is 27.6 Å². The van der Waals surface area contributed by atoms with Crippen LogP contribution in [0.2, 0.25) is 0 Å². The number of ether oxygens (including phenoxy) is 1. The molecule has 0 spiro atoms. The summed E-state index contributed by atoms with van der Waals surface area (Å²) in [4.78, 5) is 0. The average Bonchev–Trinajstić information content (AvgIpc) is 2.17. The first-order chi connectivity index (χ1) is 3.91. The fourth-order valence-electron chi connectivity index (χ4n) is 0.510. The van der Waals surface area contributed by atoms with Gasteiger partial charge in [0, 0.05) is 39.4 Å². The molecular weight excluding hydrogens is 258 g/mol. The zero-order valence-corrected chi connectivity index (χ0v) is 9.37. The van der Waals surface area contributed by atoms with Crippen molar-refractivity contribution in [1.82, 2.24) is 0 Å². The Kier molecular flexibility index (Phi) is 29.2. The summed E-state index contributed by atoms with van der Waals surface area (Å²) in [5.74, 6) is 0. The van der Waals surface area contributed by atoms with Crippen molar-refractivity contribution in [1.29, 1.82) is 0 Å². The van der Waals surface area contributed by atoms with E-state index in [1.165, 1.54) is 12.8 Å². The largest absolute Gasteiger partial charge is 0.412 e. The van der Waals surface area contributed by atoms with Crippen LogP contribution in [0.5, 0.6) is 0 Å². The Hall–Kier alpha value is 1.34. The fraction of sp³-hybridized carbons (Fsp3) is 1.00. The number of hydrogen-bond acceptors (Lipinski definition) is 2. The van der Waals surface area contributed by atoms with Gasteiger partial charge in [-0.2, -0.15) is 3.84 Å². The van der Waals surface area contributed by atoms with Gasteiger partial charge in [-0.15, -0.1) is 0 Å². The van der Waals surface area contributed by atoms with Crippen LogP contribution in [-0.2, 0) is 34.8 Å². The van der Waals surface area contributed by atoms with E-state index in [0.29, 0.717) is 0 Å². The summed E-state index contributed by atoms with van der Waals surface area (Å²) >= 11 is 8.53. The van der Waals surface area contributed by atoms with Crippen LogP contribution in [-0.4, -0.2) is 18.7 Å². The average molecular weight is 268 g/mol. The summed E-state index contributed by atoms with van der Waals surface area (Å²) in [6.07, 6.45) is 2.56. The first-order valence-electron chi connectivity index (χ1n) is 2.39. The van der Waals surface area contributed by atoms with Crippen LogP contribution in [0.15, 0.2) is 0 Å². The van der Waals surface area contributed by atoms with E-state index in [4.69, 9.17) is 4.74 Å². The van der Waals surface area contributed by atoms with Crippen LogP contribution in [0.1, 0.15) is 12.8 Å². The zero-order valence-electron chi connectivity index (χ0n) is 5.40. The first kappa shape index (κ1) is 17.4. The second-order valence-corrected chi connectivity index (χ2v) is 1.84. The third-order valence-corrected chi connectivity index (χ3v) is 0.827. The molecule has 0 saturated carbocycles. The molecule has 1 fully saturated rings. The van der Waals surface area contributed by atoms with Crippen molar-refractivity contribution in [2.45, 2.75) is 12.8 Å². The van der Waals surface area contributed by atoms with Crippen molar-refractivity contribution in [3.8, 4) is 0 Å². The quantitative estimate of drug-likeness (QED) is 0.664. The van der Waals surface area contributed by atoms with Gasteiger partial charge in [0.25, 0.3) is 0 Å². The molecule has 62 valence electrons. The van der Waals surface area contributed by atoms with Crippen LogP contribution in [0.4, 0.5) is 0 Å². The normalized spacial score (nSPS) is 13.8. The molecule has 6 heteroatoms. The molecule has 1 aliphatic rings. The summed E-state index contributed by atoms with van der Waals surface area (Å²) in [5.41, 5.74) is 0. The van der Waals surface area contributed by atoms with E-state index in [1.807, 2.05) is 0 Å². The summed E-state index contributed by atoms with van der Waals surface area (Å²) in [5, 5.41) is 0. The van der Waals surface area contributed by atoms with E-state index in [1.54, 1.807) is 0 Å². The van der Waals surface area contributed by atoms with E-state index in [-0.39, 0.29) is 31.7 Å². The number of halogens is 2. The minimum Gasteiger partial charge on any atom is -0.412 e. The van der Waals surface area contributed by atoms with Crippen LogP contribution < -0.4 is 0 Å². The Morgan fingerprint density at radius 1 is 1.10 bits per heavy atom. The summed E-state index contributed by atoms with van der Waals surface area (Å²) < 4.78 is 8.14. The monoisotopic (exact) mass is 266 g/mol. The Balaban J connectivity index is -0.0000000900. The van der Waals surface area contributed by atoms with Crippen LogP contribution in [0, 0.1) is 0 Å². The number of rotatable bonds is 0. The van der Waals surface area contributed by atoms with Gasteiger partial charge in [0.2, 0.25) is 0 Å². The maximum Gasteiger partial charge on any atom is 0.0832 e. The topological polar surface area (TPSA) is 50.0 Å². The predicted octanol–water partition coefficient (Wildman–Crippen LogP) is 1.28. The molecule has 0 atom stereocenters. The van der Waals surface area contributed by atoms with Crippen LogP contribution >= 0.6 is 23.7 Å². The first-order valence-corrected chi connectivity index (χ1v) is 3.00. The molecule has 0 unspecified atom stereocenters. The summed E-state index contributed by atoms with van der Waals surface area (Å²) in [6, 6.07) is 0. The van der Waals surface area contributed by atoms with Crippen LogP contribution in [0.25, 0.3) is 0 Å². The van der Waals surface area contributed by atoms with Gasteiger partial charge in [-0.25, -0.2) is 0 Å². The van der Waals surface area contributed by atoms with Gasteiger partial charge in [0.1, 0.15) is 0 Å². The SMILES string of the molecule is C1CCOC1.ClOCl.O.[Zr]. The van der Waals surface area contributed by atoms with Crippen molar-refractivity contribution in [3.05, 3.63) is 0 Å². The Morgan fingerprint density at radius 3 is 1.50 bits per heavy atom. The molecule has 0 radical (unpaired) electrons. The van der Waals surface area contributed by atoms with E-state index >= 15 is 0 Å². The summed E-state index contributed by atoms with van der Waals surface area (Å²) in [6.45, 7) is 2.00.